The molecule has 9 heteroatoms. The van der Waals surface area contributed by atoms with Crippen molar-refractivity contribution in [2.45, 2.75) is 31.3 Å². The number of sulfonamides is 1. The Labute approximate surface area is 124 Å². The zero-order valence-corrected chi connectivity index (χ0v) is 13.1. The number of hydrogen-bond acceptors (Lipinski definition) is 5. The zero-order valence-electron chi connectivity index (χ0n) is 12.3. The van der Waals surface area contributed by atoms with Crippen LogP contribution in [0.2, 0.25) is 0 Å². The monoisotopic (exact) mass is 312 g/mol. The van der Waals surface area contributed by atoms with E-state index in [0.29, 0.717) is 12.4 Å². The van der Waals surface area contributed by atoms with Crippen LogP contribution in [-0.4, -0.2) is 34.7 Å². The Hall–Kier alpha value is -1.71. The van der Waals surface area contributed by atoms with Crippen LogP contribution in [-0.2, 0) is 23.6 Å². The Morgan fingerprint density at radius 2 is 2.24 bits per heavy atom. The van der Waals surface area contributed by atoms with Crippen LogP contribution in [0.15, 0.2) is 23.5 Å². The van der Waals surface area contributed by atoms with E-state index in [4.69, 9.17) is 0 Å². The smallest absolute Gasteiger partial charge is 0.242 e. The van der Waals surface area contributed by atoms with Gasteiger partial charge in [-0.2, -0.15) is 5.10 Å². The molecule has 0 aliphatic rings. The normalized spacial score (nSPS) is 13.5. The molecule has 1 atom stereocenters. The summed E-state index contributed by atoms with van der Waals surface area (Å²) in [5, 5.41) is 9.54. The molecule has 2 heterocycles. The fourth-order valence-electron chi connectivity index (χ4n) is 1.93. The van der Waals surface area contributed by atoms with E-state index in [1.54, 1.807) is 23.8 Å². The van der Waals surface area contributed by atoms with Crippen molar-refractivity contribution in [2.75, 3.05) is 6.54 Å². The predicted molar refractivity (Wildman–Crippen MR) is 77.9 cm³/mol. The van der Waals surface area contributed by atoms with E-state index >= 15 is 0 Å². The molecule has 0 saturated heterocycles. The van der Waals surface area contributed by atoms with E-state index in [1.165, 1.54) is 6.33 Å². The molecule has 0 fully saturated rings. The van der Waals surface area contributed by atoms with Crippen molar-refractivity contribution in [2.24, 2.45) is 7.05 Å². The second-order valence-electron chi connectivity index (χ2n) is 4.77. The van der Waals surface area contributed by atoms with Crippen molar-refractivity contribution < 1.29 is 8.42 Å². The van der Waals surface area contributed by atoms with E-state index < -0.39 is 16.1 Å². The first kappa shape index (κ1) is 15.7. The van der Waals surface area contributed by atoms with Crippen LogP contribution >= 0.6 is 0 Å². The van der Waals surface area contributed by atoms with Crippen LogP contribution in [0.1, 0.15) is 31.4 Å². The molecule has 1 unspecified atom stereocenters. The molecule has 2 aromatic rings. The fourth-order valence-corrected chi connectivity index (χ4v) is 3.23. The van der Waals surface area contributed by atoms with Crippen LogP contribution in [0.4, 0.5) is 0 Å². The number of rotatable bonds is 7. The van der Waals surface area contributed by atoms with E-state index in [1.807, 2.05) is 14.0 Å². The molecule has 0 spiro atoms. The highest BCUT2D eigenvalue weighted by Crippen LogP contribution is 2.16. The quantitative estimate of drug-likeness (QED) is 0.682. The summed E-state index contributed by atoms with van der Waals surface area (Å²) in [6, 6.07) is 1.19. The Kier molecular flexibility index (Phi) is 4.76. The molecule has 2 rings (SSSR count). The van der Waals surface area contributed by atoms with Crippen molar-refractivity contribution in [3.63, 3.8) is 0 Å². The summed E-state index contributed by atoms with van der Waals surface area (Å²) < 4.78 is 29.1. The van der Waals surface area contributed by atoms with Gasteiger partial charge in [-0.05, 0) is 19.5 Å². The Morgan fingerprint density at radius 1 is 1.48 bits per heavy atom. The second-order valence-corrected chi connectivity index (χ2v) is 6.49. The number of H-pyrrole nitrogens is 1. The minimum atomic E-state index is -3.60. The van der Waals surface area contributed by atoms with Crippen molar-refractivity contribution in [1.29, 1.82) is 0 Å². The average molecular weight is 312 g/mol. The minimum absolute atomic E-state index is 0.240. The summed E-state index contributed by atoms with van der Waals surface area (Å²) >= 11 is 0. The van der Waals surface area contributed by atoms with Crippen LogP contribution in [0, 0.1) is 0 Å². The van der Waals surface area contributed by atoms with Crippen molar-refractivity contribution in [3.8, 4) is 0 Å². The summed E-state index contributed by atoms with van der Waals surface area (Å²) in [6.45, 7) is 5.16. The highest BCUT2D eigenvalue weighted by atomic mass is 32.2. The highest BCUT2D eigenvalue weighted by Gasteiger charge is 2.21. The molecule has 0 aliphatic heterocycles. The largest absolute Gasteiger partial charge is 0.352 e. The van der Waals surface area contributed by atoms with Gasteiger partial charge in [-0.25, -0.2) is 18.1 Å². The van der Waals surface area contributed by atoms with Gasteiger partial charge in [-0.1, -0.05) is 6.92 Å². The van der Waals surface area contributed by atoms with Gasteiger partial charge in [-0.3, -0.25) is 5.10 Å². The summed E-state index contributed by atoms with van der Waals surface area (Å²) in [6.07, 6.45) is 2.94. The van der Waals surface area contributed by atoms with Gasteiger partial charge in [-0.15, -0.1) is 0 Å². The predicted octanol–water partition coefficient (Wildman–Crippen LogP) is 0.292. The molecule has 21 heavy (non-hydrogen) atoms. The van der Waals surface area contributed by atoms with Gasteiger partial charge in [0.05, 0.1) is 10.9 Å². The molecular formula is C12H20N6O2S. The number of aryl methyl sites for hydroxylation is 1. The standard InChI is InChI=1S/C12H20N6O2S/c1-4-13-6-10-5-11(7-18(10)3)21(19,20)17-9(2)12-14-8-15-16-12/h5,7-9,13,17H,4,6H2,1-3H3,(H,14,15,16). The Balaban J connectivity index is 2.16. The summed E-state index contributed by atoms with van der Waals surface area (Å²) in [4.78, 5) is 4.19. The highest BCUT2D eigenvalue weighted by molar-refractivity contribution is 7.89. The molecule has 0 amide bonds. The lowest BCUT2D eigenvalue weighted by atomic mass is 10.3. The molecule has 0 aliphatic carbocycles. The Morgan fingerprint density at radius 3 is 2.86 bits per heavy atom. The number of nitrogens with one attached hydrogen (secondary N) is 3. The van der Waals surface area contributed by atoms with E-state index in [0.717, 1.165) is 12.2 Å². The SMILES string of the molecule is CCNCc1cc(S(=O)(=O)NC(C)c2ncn[nH]2)cn1C. The molecule has 0 bridgehead atoms. The van der Waals surface area contributed by atoms with Crippen molar-refractivity contribution >= 4 is 10.0 Å². The average Bonchev–Trinajstić information content (AvgIpc) is 3.05. The zero-order chi connectivity index (χ0) is 15.5. The molecule has 116 valence electrons. The maximum atomic E-state index is 12.4. The van der Waals surface area contributed by atoms with Gasteiger partial charge >= 0.3 is 0 Å². The summed E-state index contributed by atoms with van der Waals surface area (Å²) in [7, 11) is -1.77. The van der Waals surface area contributed by atoms with Crippen molar-refractivity contribution in [3.05, 3.63) is 30.1 Å². The van der Waals surface area contributed by atoms with E-state index in [2.05, 4.69) is 25.2 Å². The van der Waals surface area contributed by atoms with Gasteiger partial charge in [0, 0.05) is 25.5 Å². The summed E-state index contributed by atoms with van der Waals surface area (Å²) in [5.41, 5.74) is 0.907. The number of aromatic amines is 1. The lowest BCUT2D eigenvalue weighted by Gasteiger charge is -2.10. The second kappa shape index (κ2) is 6.37. The van der Waals surface area contributed by atoms with Gasteiger partial charge < -0.3 is 9.88 Å². The first-order chi connectivity index (χ1) is 9.94. The number of aromatic nitrogens is 4. The third-order valence-corrected chi connectivity index (χ3v) is 4.63. The topological polar surface area (TPSA) is 105 Å². The molecule has 2 aromatic heterocycles. The third-order valence-electron chi connectivity index (χ3n) is 3.12. The number of nitrogens with zero attached hydrogens (tertiary/aromatic N) is 3. The van der Waals surface area contributed by atoms with Crippen molar-refractivity contribution in [1.82, 2.24) is 29.8 Å². The molecule has 3 N–H and O–H groups in total. The molecule has 0 aromatic carbocycles. The molecular weight excluding hydrogens is 292 g/mol. The first-order valence-electron chi connectivity index (χ1n) is 6.67. The van der Waals surface area contributed by atoms with Crippen LogP contribution < -0.4 is 10.0 Å². The fraction of sp³-hybridized carbons (Fsp3) is 0.500. The minimum Gasteiger partial charge on any atom is -0.352 e. The lowest BCUT2D eigenvalue weighted by Crippen LogP contribution is -2.27. The molecule has 0 radical (unpaired) electrons. The summed E-state index contributed by atoms with van der Waals surface area (Å²) in [5.74, 6) is 0.474. The van der Waals surface area contributed by atoms with Crippen LogP contribution in [0.5, 0.6) is 0 Å². The molecule has 0 saturated carbocycles. The number of hydrogen-bond donors (Lipinski definition) is 3. The van der Waals surface area contributed by atoms with Crippen LogP contribution in [0.25, 0.3) is 0 Å². The molecule has 8 nitrogen and oxygen atoms in total. The van der Waals surface area contributed by atoms with Gasteiger partial charge in [0.2, 0.25) is 10.0 Å². The lowest BCUT2D eigenvalue weighted by molar-refractivity contribution is 0.560. The van der Waals surface area contributed by atoms with Gasteiger partial charge in [0.25, 0.3) is 0 Å². The maximum Gasteiger partial charge on any atom is 0.242 e. The third kappa shape index (κ3) is 3.69. The van der Waals surface area contributed by atoms with Crippen LogP contribution in [0.3, 0.4) is 0 Å². The van der Waals surface area contributed by atoms with Gasteiger partial charge in [0.15, 0.2) is 0 Å². The van der Waals surface area contributed by atoms with Gasteiger partial charge in [0.1, 0.15) is 12.2 Å². The maximum absolute atomic E-state index is 12.4. The first-order valence-corrected chi connectivity index (χ1v) is 8.16. The van der Waals surface area contributed by atoms with E-state index in [9.17, 15) is 8.42 Å². The Bertz CT molecular complexity index is 677. The van der Waals surface area contributed by atoms with E-state index in [-0.39, 0.29) is 4.90 Å².